The van der Waals surface area contributed by atoms with Gasteiger partial charge in [0.1, 0.15) is 12.6 Å². The summed E-state index contributed by atoms with van der Waals surface area (Å²) in [7, 11) is 1.46. The Labute approximate surface area is 223 Å². The summed E-state index contributed by atoms with van der Waals surface area (Å²) in [4.78, 5) is 18.9. The van der Waals surface area contributed by atoms with Gasteiger partial charge < -0.3 is 24.3 Å². The number of ether oxygens (including phenoxy) is 1. The van der Waals surface area contributed by atoms with Crippen molar-refractivity contribution in [1.29, 1.82) is 0 Å². The number of phosphoric ester groups is 1. The number of unbranched alkanes of at least 4 members (excludes halogenated alkanes) is 14. The molecule has 3 N–H and O–H groups in total. The molecule has 0 bridgehead atoms. The molecule has 0 heterocycles. The van der Waals surface area contributed by atoms with Gasteiger partial charge in [-0.15, -0.1) is 0 Å². The third kappa shape index (κ3) is 27.0. The largest absolute Gasteiger partial charge is 0.470 e. The van der Waals surface area contributed by atoms with Crippen molar-refractivity contribution < 1.29 is 28.1 Å². The first kappa shape index (κ1) is 36.0. The molecule has 0 aromatic carbocycles. The van der Waals surface area contributed by atoms with Crippen LogP contribution in [0.4, 0.5) is 0 Å². The van der Waals surface area contributed by atoms with Gasteiger partial charge in [0, 0.05) is 19.6 Å². The molecule has 36 heavy (non-hydrogen) atoms. The third-order valence-electron chi connectivity index (χ3n) is 6.49. The zero-order valence-corrected chi connectivity index (χ0v) is 25.4. The summed E-state index contributed by atoms with van der Waals surface area (Å²) in [6.45, 7) is 7.33. The van der Waals surface area contributed by atoms with E-state index in [4.69, 9.17) is 9.26 Å². The maximum atomic E-state index is 11.6. The highest BCUT2D eigenvalue weighted by Crippen LogP contribution is 2.39. The Kier molecular flexibility index (Phi) is 22.9. The Hall–Kier alpha value is -0.0100. The molecule has 0 aliphatic carbocycles. The summed E-state index contributed by atoms with van der Waals surface area (Å²) in [6, 6.07) is 0. The third-order valence-corrected chi connectivity index (χ3v) is 7.07. The second kappa shape index (κ2) is 22.9. The first-order valence-corrected chi connectivity index (χ1v) is 16.5. The van der Waals surface area contributed by atoms with Crippen molar-refractivity contribution >= 4 is 7.82 Å². The van der Waals surface area contributed by atoms with Crippen molar-refractivity contribution in [1.82, 2.24) is 5.32 Å². The van der Waals surface area contributed by atoms with Gasteiger partial charge in [-0.25, -0.2) is 4.57 Å². The molecule has 218 valence electrons. The number of hydrogen-bond donors (Lipinski definition) is 3. The molecule has 0 aromatic heterocycles. The number of nitrogens with zero attached hydrogens (tertiary/aromatic N) is 1. The van der Waals surface area contributed by atoms with Gasteiger partial charge in [0.15, 0.2) is 0 Å². The van der Waals surface area contributed by atoms with Gasteiger partial charge in [0.25, 0.3) is 0 Å². The SMILES string of the molecule is CCCCCCCCCCNCC(CC(C[N+](C)(C)C)OP(=O)(O)O)OCCCCCCCCCC. The molecule has 0 aromatic rings. The van der Waals surface area contributed by atoms with E-state index in [9.17, 15) is 14.4 Å². The number of nitrogens with one attached hydrogen (secondary N) is 1. The average molecular weight is 538 g/mol. The summed E-state index contributed by atoms with van der Waals surface area (Å²) >= 11 is 0. The number of hydrogen-bond acceptors (Lipinski definition) is 4. The lowest BCUT2D eigenvalue weighted by Crippen LogP contribution is -2.44. The highest BCUT2D eigenvalue weighted by Gasteiger charge is 2.29. The van der Waals surface area contributed by atoms with Crippen molar-refractivity contribution in [3.8, 4) is 0 Å². The van der Waals surface area contributed by atoms with Crippen LogP contribution >= 0.6 is 7.82 Å². The van der Waals surface area contributed by atoms with Crippen LogP contribution in [0.15, 0.2) is 0 Å². The van der Waals surface area contributed by atoms with Crippen LogP contribution in [-0.2, 0) is 13.8 Å². The normalized spacial score (nSPS) is 14.3. The molecule has 0 aliphatic heterocycles. The molecule has 0 aliphatic rings. The quantitative estimate of drug-likeness (QED) is 0.0606. The minimum absolute atomic E-state index is 0.119. The Balaban J connectivity index is 4.50. The van der Waals surface area contributed by atoms with E-state index in [1.165, 1.54) is 89.9 Å². The van der Waals surface area contributed by atoms with Gasteiger partial charge in [-0.1, -0.05) is 104 Å². The fraction of sp³-hybridized carbons (Fsp3) is 1.00. The van der Waals surface area contributed by atoms with E-state index >= 15 is 0 Å². The van der Waals surface area contributed by atoms with Gasteiger partial charge in [0.05, 0.1) is 27.2 Å². The maximum Gasteiger partial charge on any atom is 0.470 e. The van der Waals surface area contributed by atoms with E-state index in [-0.39, 0.29) is 6.10 Å². The molecular formula is C28H62N2O5P+. The Morgan fingerprint density at radius 1 is 0.722 bits per heavy atom. The molecule has 0 spiro atoms. The maximum absolute atomic E-state index is 11.6. The first-order valence-electron chi connectivity index (χ1n) is 14.9. The van der Waals surface area contributed by atoms with Crippen LogP contribution in [0.5, 0.6) is 0 Å². The van der Waals surface area contributed by atoms with E-state index in [0.29, 0.717) is 30.6 Å². The number of phosphoric acid groups is 1. The van der Waals surface area contributed by atoms with Crippen LogP contribution in [-0.4, -0.2) is 73.9 Å². The number of likely N-dealkylation sites (N-methyl/N-ethyl adjacent to an activating group) is 1. The van der Waals surface area contributed by atoms with E-state index in [0.717, 1.165) is 19.4 Å². The van der Waals surface area contributed by atoms with Crippen LogP contribution in [0.2, 0.25) is 0 Å². The predicted octanol–water partition coefficient (Wildman–Crippen LogP) is 6.82. The molecule has 0 amide bonds. The summed E-state index contributed by atoms with van der Waals surface area (Å²) in [5.41, 5.74) is 0. The van der Waals surface area contributed by atoms with Crippen molar-refractivity contribution in [2.45, 2.75) is 135 Å². The fourth-order valence-corrected chi connectivity index (χ4v) is 5.13. The van der Waals surface area contributed by atoms with Crippen molar-refractivity contribution in [3.63, 3.8) is 0 Å². The Morgan fingerprint density at radius 3 is 1.67 bits per heavy atom. The van der Waals surface area contributed by atoms with Gasteiger partial charge in [-0.05, 0) is 19.4 Å². The zero-order valence-electron chi connectivity index (χ0n) is 24.5. The molecule has 2 unspecified atom stereocenters. The minimum atomic E-state index is -4.56. The molecule has 0 rings (SSSR count). The molecule has 0 radical (unpaired) electrons. The number of rotatable bonds is 27. The van der Waals surface area contributed by atoms with Crippen molar-refractivity contribution in [2.24, 2.45) is 0 Å². The lowest BCUT2D eigenvalue weighted by molar-refractivity contribution is -0.873. The summed E-state index contributed by atoms with van der Waals surface area (Å²) in [5.74, 6) is 0. The van der Waals surface area contributed by atoms with Crippen molar-refractivity contribution in [3.05, 3.63) is 0 Å². The van der Waals surface area contributed by atoms with Gasteiger partial charge in [-0.2, -0.15) is 0 Å². The van der Waals surface area contributed by atoms with Crippen LogP contribution in [0.3, 0.4) is 0 Å². The van der Waals surface area contributed by atoms with Crippen molar-refractivity contribution in [2.75, 3.05) is 47.4 Å². The van der Waals surface area contributed by atoms with E-state index < -0.39 is 13.9 Å². The summed E-state index contributed by atoms with van der Waals surface area (Å²) in [5, 5.41) is 3.53. The van der Waals surface area contributed by atoms with E-state index in [2.05, 4.69) is 19.2 Å². The van der Waals surface area contributed by atoms with Gasteiger partial charge in [0.2, 0.25) is 0 Å². The van der Waals surface area contributed by atoms with Gasteiger partial charge in [-0.3, -0.25) is 4.52 Å². The highest BCUT2D eigenvalue weighted by molar-refractivity contribution is 7.46. The topological polar surface area (TPSA) is 88.0 Å². The standard InChI is InChI=1S/C28H61N2O5P/c1-6-8-10-12-14-16-18-20-22-29-25-27(34-23-21-19-17-15-13-11-9-7-2)24-28(26-30(3,4)5)35-36(31,32)33/h27-29H,6-26H2,1-5H3,(H-,31,32,33)/p+1. The zero-order chi connectivity index (χ0) is 27.1. The molecule has 0 saturated heterocycles. The van der Waals surface area contributed by atoms with Crippen LogP contribution in [0, 0.1) is 0 Å². The molecule has 0 saturated carbocycles. The molecular weight excluding hydrogens is 475 g/mol. The average Bonchev–Trinajstić information content (AvgIpc) is 2.76. The van der Waals surface area contributed by atoms with Crippen LogP contribution in [0.1, 0.15) is 123 Å². The molecule has 2 atom stereocenters. The second-order valence-electron chi connectivity index (χ2n) is 11.6. The van der Waals surface area contributed by atoms with Gasteiger partial charge >= 0.3 is 7.82 Å². The van der Waals surface area contributed by atoms with Crippen LogP contribution in [0.25, 0.3) is 0 Å². The Bertz CT molecular complexity index is 525. The lowest BCUT2D eigenvalue weighted by atomic mass is 10.1. The molecule has 7 nitrogen and oxygen atoms in total. The summed E-state index contributed by atoms with van der Waals surface area (Å²) < 4.78 is 23.6. The highest BCUT2D eigenvalue weighted by atomic mass is 31.2. The molecule has 8 heteroatoms. The Morgan fingerprint density at radius 2 is 1.19 bits per heavy atom. The molecule has 0 fully saturated rings. The first-order chi connectivity index (χ1) is 17.1. The summed E-state index contributed by atoms with van der Waals surface area (Å²) in [6.07, 6.45) is 20.2. The predicted molar refractivity (Wildman–Crippen MR) is 152 cm³/mol. The number of quaternary nitrogens is 1. The monoisotopic (exact) mass is 537 g/mol. The fourth-order valence-electron chi connectivity index (χ4n) is 4.59. The minimum Gasteiger partial charge on any atom is -0.377 e. The van der Waals surface area contributed by atoms with E-state index in [1.54, 1.807) is 0 Å². The lowest BCUT2D eigenvalue weighted by Gasteiger charge is -2.31. The second-order valence-corrected chi connectivity index (χ2v) is 12.8. The van der Waals surface area contributed by atoms with Crippen LogP contribution < -0.4 is 5.32 Å². The smallest absolute Gasteiger partial charge is 0.377 e. The van der Waals surface area contributed by atoms with E-state index in [1.807, 2.05) is 21.1 Å².